The third-order valence-corrected chi connectivity index (χ3v) is 0.169. The van der Waals surface area contributed by atoms with Gasteiger partial charge in [-0.2, -0.15) is 13.7 Å². The predicted octanol–water partition coefficient (Wildman–Crippen LogP) is 0.787. The molecule has 0 aromatic heterocycles. The second-order valence-electron chi connectivity index (χ2n) is 0.524. The van der Waals surface area contributed by atoms with E-state index in [0.29, 0.717) is 0 Å². The molecule has 0 fully saturated rings. The molecule has 6 heavy (non-hydrogen) atoms. The highest BCUT2D eigenvalue weighted by Gasteiger charge is 1.96. The minimum atomic E-state index is -2.82. The first-order chi connectivity index (χ1) is 2.77. The summed E-state index contributed by atoms with van der Waals surface area (Å²) in [5.74, 6) is 0. The monoisotopic (exact) mass is 98.0 g/mol. The molecule has 0 atom stereocenters. The van der Waals surface area contributed by atoms with Crippen LogP contribution >= 0.6 is 0 Å². The fourth-order valence-electron chi connectivity index (χ4n) is 0.0727. The van der Waals surface area contributed by atoms with Crippen molar-refractivity contribution in [2.45, 2.75) is 6.61 Å². The van der Waals surface area contributed by atoms with Crippen LogP contribution in [-0.4, -0.2) is 13.7 Å². The summed E-state index contributed by atoms with van der Waals surface area (Å²) in [5.41, 5.74) is 0. The van der Waals surface area contributed by atoms with Crippen LogP contribution in [0.3, 0.4) is 0 Å². The van der Waals surface area contributed by atoms with Crippen LogP contribution in [0.5, 0.6) is 0 Å². The maximum atomic E-state index is 10.7. The molecule has 0 radical (unpaired) electrons. The van der Waals surface area contributed by atoms with Gasteiger partial charge in [0, 0.05) is 0 Å². The molecule has 0 saturated heterocycles. The van der Waals surface area contributed by atoms with E-state index in [0.717, 1.165) is 7.11 Å². The van der Waals surface area contributed by atoms with E-state index in [2.05, 4.69) is 9.78 Å². The molecule has 38 valence electrons. The van der Waals surface area contributed by atoms with Crippen LogP contribution in [0.2, 0.25) is 0 Å². The van der Waals surface area contributed by atoms with Crippen molar-refractivity contribution in [2.24, 2.45) is 0 Å². The zero-order chi connectivity index (χ0) is 4.99. The van der Waals surface area contributed by atoms with E-state index in [9.17, 15) is 8.78 Å². The normalized spacial score (nSPS) is 10.0. The first kappa shape index (κ1) is 5.78. The van der Waals surface area contributed by atoms with Crippen LogP contribution in [0, 0.1) is 0 Å². The summed E-state index contributed by atoms with van der Waals surface area (Å²) in [4.78, 5) is 6.76. The molecule has 0 unspecified atom stereocenters. The van der Waals surface area contributed by atoms with Gasteiger partial charge in [-0.1, -0.05) is 0 Å². The van der Waals surface area contributed by atoms with Gasteiger partial charge >= 0.3 is 6.61 Å². The van der Waals surface area contributed by atoms with Gasteiger partial charge < -0.3 is 0 Å². The Morgan fingerprint density at radius 2 is 2.00 bits per heavy atom. The van der Waals surface area contributed by atoms with Crippen LogP contribution in [0.1, 0.15) is 0 Å². The topological polar surface area (TPSA) is 18.5 Å². The first-order valence-corrected chi connectivity index (χ1v) is 1.25. The van der Waals surface area contributed by atoms with Gasteiger partial charge in [-0.25, -0.2) is 4.89 Å². The van der Waals surface area contributed by atoms with E-state index in [-0.39, 0.29) is 0 Å². The van der Waals surface area contributed by atoms with Gasteiger partial charge in [0.15, 0.2) is 0 Å². The highest BCUT2D eigenvalue weighted by atomic mass is 19.3. The Morgan fingerprint density at radius 1 is 1.50 bits per heavy atom. The maximum Gasteiger partial charge on any atom is 0.371 e. The summed E-state index contributed by atoms with van der Waals surface area (Å²) >= 11 is 0. The summed E-state index contributed by atoms with van der Waals surface area (Å²) < 4.78 is 21.4. The second kappa shape index (κ2) is 2.99. The fraction of sp³-hybridized carbons (Fsp3) is 1.00. The van der Waals surface area contributed by atoms with Gasteiger partial charge in [-0.15, -0.1) is 0 Å². The average molecular weight is 98.0 g/mol. The smallest absolute Gasteiger partial charge is 0.235 e. The third-order valence-electron chi connectivity index (χ3n) is 0.169. The van der Waals surface area contributed by atoms with Crippen LogP contribution in [0.25, 0.3) is 0 Å². The molecule has 0 N–H and O–H groups in total. The number of rotatable bonds is 2. The van der Waals surface area contributed by atoms with Crippen LogP contribution in [-0.2, 0) is 9.78 Å². The summed E-state index contributed by atoms with van der Waals surface area (Å²) in [6.45, 7) is -2.82. The third kappa shape index (κ3) is 3.78. The Bertz CT molecular complexity index is 30.7. The molecule has 0 saturated carbocycles. The lowest BCUT2D eigenvalue weighted by Gasteiger charge is -1.91. The Morgan fingerprint density at radius 3 is 2.00 bits per heavy atom. The number of hydrogen-bond acceptors (Lipinski definition) is 2. The molecule has 0 heterocycles. The van der Waals surface area contributed by atoms with Crippen molar-refractivity contribution in [3.05, 3.63) is 0 Å². The van der Waals surface area contributed by atoms with Crippen molar-refractivity contribution in [1.82, 2.24) is 0 Å². The summed E-state index contributed by atoms with van der Waals surface area (Å²) in [7, 11) is 1.02. The first-order valence-electron chi connectivity index (χ1n) is 1.25. The van der Waals surface area contributed by atoms with E-state index < -0.39 is 6.61 Å². The van der Waals surface area contributed by atoms with E-state index >= 15 is 0 Å². The summed E-state index contributed by atoms with van der Waals surface area (Å²) in [6, 6.07) is 0. The average Bonchev–Trinajstić information content (AvgIpc) is 1.35. The molecule has 0 aromatic carbocycles. The zero-order valence-corrected chi connectivity index (χ0v) is 3.15. The summed E-state index contributed by atoms with van der Waals surface area (Å²) in [5, 5.41) is 0. The maximum absolute atomic E-state index is 10.7. The number of halogens is 2. The SMILES string of the molecule is COOC(F)F. The van der Waals surface area contributed by atoms with Crippen molar-refractivity contribution >= 4 is 0 Å². The molecule has 0 aromatic rings. The lowest BCUT2D eigenvalue weighted by molar-refractivity contribution is -0.368. The summed E-state index contributed by atoms with van der Waals surface area (Å²) in [6.07, 6.45) is 0. The molecule has 0 aliphatic rings. The van der Waals surface area contributed by atoms with Crippen molar-refractivity contribution in [1.29, 1.82) is 0 Å². The Hall–Kier alpha value is -0.220. The van der Waals surface area contributed by atoms with E-state index in [1.807, 2.05) is 0 Å². The lowest BCUT2D eigenvalue weighted by atomic mass is 11.5. The lowest BCUT2D eigenvalue weighted by Crippen LogP contribution is -1.95. The molecule has 0 amide bonds. The largest absolute Gasteiger partial charge is 0.371 e. The van der Waals surface area contributed by atoms with Gasteiger partial charge in [-0.05, 0) is 0 Å². The molecule has 0 aliphatic heterocycles. The van der Waals surface area contributed by atoms with Gasteiger partial charge in [-0.3, -0.25) is 0 Å². The van der Waals surface area contributed by atoms with Crippen molar-refractivity contribution in [3.8, 4) is 0 Å². The minimum absolute atomic E-state index is 1.02. The van der Waals surface area contributed by atoms with E-state index in [1.54, 1.807) is 0 Å². The molecular formula is C2H4F2O2. The highest BCUT2D eigenvalue weighted by molar-refractivity contribution is 3.89. The molecule has 2 nitrogen and oxygen atoms in total. The molecule has 0 aliphatic carbocycles. The standard InChI is InChI=1S/C2H4F2O2/c1-5-6-2(3)4/h2H,1H3. The number of alkyl halides is 2. The van der Waals surface area contributed by atoms with Gasteiger partial charge in [0.2, 0.25) is 0 Å². The second-order valence-corrected chi connectivity index (χ2v) is 0.524. The van der Waals surface area contributed by atoms with Crippen LogP contribution < -0.4 is 0 Å². The molecule has 0 rings (SSSR count). The van der Waals surface area contributed by atoms with Gasteiger partial charge in [0.05, 0.1) is 7.11 Å². The molecule has 4 heteroatoms. The number of hydrogen-bond donors (Lipinski definition) is 0. The predicted molar refractivity (Wildman–Crippen MR) is 14.1 cm³/mol. The fourth-order valence-corrected chi connectivity index (χ4v) is 0.0727. The molecule has 0 bridgehead atoms. The van der Waals surface area contributed by atoms with Crippen molar-refractivity contribution in [3.63, 3.8) is 0 Å². The Balaban J connectivity index is 2.63. The molecule has 0 spiro atoms. The Labute approximate surface area is 33.6 Å². The van der Waals surface area contributed by atoms with E-state index in [4.69, 9.17) is 0 Å². The Kier molecular flexibility index (Phi) is 2.88. The minimum Gasteiger partial charge on any atom is -0.235 e. The van der Waals surface area contributed by atoms with Crippen molar-refractivity contribution < 1.29 is 18.6 Å². The zero-order valence-electron chi connectivity index (χ0n) is 3.15. The van der Waals surface area contributed by atoms with Crippen molar-refractivity contribution in [2.75, 3.05) is 7.11 Å². The van der Waals surface area contributed by atoms with Crippen LogP contribution in [0.15, 0.2) is 0 Å². The molecular weight excluding hydrogens is 94.0 g/mol. The highest BCUT2D eigenvalue weighted by Crippen LogP contribution is 1.91. The van der Waals surface area contributed by atoms with Gasteiger partial charge in [0.25, 0.3) is 0 Å². The van der Waals surface area contributed by atoms with E-state index in [1.165, 1.54) is 0 Å². The van der Waals surface area contributed by atoms with Crippen LogP contribution in [0.4, 0.5) is 8.78 Å². The quantitative estimate of drug-likeness (QED) is 0.375. The van der Waals surface area contributed by atoms with Gasteiger partial charge in [0.1, 0.15) is 0 Å².